The van der Waals surface area contributed by atoms with E-state index in [9.17, 15) is 5.11 Å². The number of hydrogen-bond donors (Lipinski definition) is 2. The van der Waals surface area contributed by atoms with Crippen LogP contribution in [0.15, 0.2) is 12.5 Å². The third-order valence-electron chi connectivity index (χ3n) is 2.23. The molecule has 9 heteroatoms. The van der Waals surface area contributed by atoms with Crippen LogP contribution in [0.4, 0.5) is 0 Å². The van der Waals surface area contributed by atoms with Gasteiger partial charge in [0, 0.05) is 13.6 Å². The molecule has 8 nitrogen and oxygen atoms in total. The highest BCUT2D eigenvalue weighted by molar-refractivity contribution is 6.99. The van der Waals surface area contributed by atoms with Crippen molar-refractivity contribution < 1.29 is 9.84 Å². The molecule has 0 spiro atoms. The van der Waals surface area contributed by atoms with Crippen LogP contribution in [-0.2, 0) is 13.6 Å². The zero-order chi connectivity index (χ0) is 12.8. The molecular formula is C9H14N6O2S. The quantitative estimate of drug-likeness (QED) is 0.679. The first-order chi connectivity index (χ1) is 8.75. The number of aliphatic hydroxyl groups excluding tert-OH is 1. The minimum Gasteiger partial charge on any atom is -0.473 e. The standard InChI is InChI=1S/C9H14N6O2S/c1-15-6-11-13-8(15)3-10-2-7(16)5-17-9-4-12-18-14-9/h4,6-7,10,16H,2-3,5H2,1H3. The maximum Gasteiger partial charge on any atom is 0.245 e. The van der Waals surface area contributed by atoms with Crippen molar-refractivity contribution in [2.45, 2.75) is 12.6 Å². The average Bonchev–Trinajstić information content (AvgIpc) is 2.99. The zero-order valence-corrected chi connectivity index (χ0v) is 10.7. The van der Waals surface area contributed by atoms with Crippen molar-refractivity contribution >= 4 is 11.7 Å². The van der Waals surface area contributed by atoms with Crippen LogP contribution in [0.5, 0.6) is 5.88 Å². The van der Waals surface area contributed by atoms with Gasteiger partial charge in [-0.15, -0.1) is 14.6 Å². The Hall–Kier alpha value is -1.58. The Morgan fingerprint density at radius 3 is 3.17 bits per heavy atom. The minimum absolute atomic E-state index is 0.178. The Labute approximate surface area is 108 Å². The lowest BCUT2D eigenvalue weighted by molar-refractivity contribution is 0.104. The topological polar surface area (TPSA) is 98.0 Å². The first kappa shape index (κ1) is 12.9. The first-order valence-electron chi connectivity index (χ1n) is 5.37. The van der Waals surface area contributed by atoms with Crippen LogP contribution in [0.2, 0.25) is 0 Å². The van der Waals surface area contributed by atoms with Gasteiger partial charge in [-0.25, -0.2) is 0 Å². The number of aliphatic hydroxyl groups is 1. The molecule has 2 N–H and O–H groups in total. The maximum absolute atomic E-state index is 9.67. The highest BCUT2D eigenvalue weighted by Gasteiger charge is 2.07. The lowest BCUT2D eigenvalue weighted by Crippen LogP contribution is -2.31. The summed E-state index contributed by atoms with van der Waals surface area (Å²) in [6.45, 7) is 1.13. The van der Waals surface area contributed by atoms with Crippen LogP contribution in [0.1, 0.15) is 5.82 Å². The van der Waals surface area contributed by atoms with Crippen LogP contribution in [-0.4, -0.2) is 47.9 Å². The van der Waals surface area contributed by atoms with Crippen molar-refractivity contribution in [3.8, 4) is 5.88 Å². The Kier molecular flexibility index (Phi) is 4.56. The number of nitrogens with zero attached hydrogens (tertiary/aromatic N) is 5. The first-order valence-corrected chi connectivity index (χ1v) is 6.10. The van der Waals surface area contributed by atoms with Gasteiger partial charge >= 0.3 is 0 Å². The second kappa shape index (κ2) is 6.38. The number of aryl methyl sites for hydroxylation is 1. The van der Waals surface area contributed by atoms with Crippen molar-refractivity contribution in [2.24, 2.45) is 7.05 Å². The molecular weight excluding hydrogens is 256 g/mol. The summed E-state index contributed by atoms with van der Waals surface area (Å²) in [6, 6.07) is 0. The van der Waals surface area contributed by atoms with Crippen LogP contribution in [0, 0.1) is 0 Å². The fourth-order valence-corrected chi connectivity index (χ4v) is 1.64. The van der Waals surface area contributed by atoms with Crippen LogP contribution < -0.4 is 10.1 Å². The third-order valence-corrected chi connectivity index (χ3v) is 2.69. The molecule has 0 saturated carbocycles. The van der Waals surface area contributed by atoms with Gasteiger partial charge in [0.05, 0.1) is 18.3 Å². The number of aromatic nitrogens is 5. The normalized spacial score (nSPS) is 12.6. The summed E-state index contributed by atoms with van der Waals surface area (Å²) in [4.78, 5) is 0. The summed E-state index contributed by atoms with van der Waals surface area (Å²) >= 11 is 1.07. The van der Waals surface area contributed by atoms with Crippen molar-refractivity contribution in [1.82, 2.24) is 28.8 Å². The molecule has 0 radical (unpaired) electrons. The van der Waals surface area contributed by atoms with E-state index in [0.29, 0.717) is 19.0 Å². The molecule has 0 fully saturated rings. The SMILES string of the molecule is Cn1cnnc1CNCC(O)COc1cnsn1. The predicted molar refractivity (Wildman–Crippen MR) is 64.1 cm³/mol. The summed E-state index contributed by atoms with van der Waals surface area (Å²) in [5.41, 5.74) is 0. The molecule has 1 atom stereocenters. The van der Waals surface area contributed by atoms with Gasteiger partial charge in [-0.3, -0.25) is 0 Å². The Balaban J connectivity index is 1.63. The molecule has 0 aliphatic rings. The number of nitrogens with one attached hydrogen (secondary N) is 1. The summed E-state index contributed by atoms with van der Waals surface area (Å²) < 4.78 is 14.7. The van der Waals surface area contributed by atoms with E-state index in [1.807, 2.05) is 11.6 Å². The van der Waals surface area contributed by atoms with Crippen molar-refractivity contribution in [3.63, 3.8) is 0 Å². The molecule has 0 aliphatic carbocycles. The Bertz CT molecular complexity index is 459. The maximum atomic E-state index is 9.67. The molecule has 2 heterocycles. The average molecular weight is 270 g/mol. The van der Waals surface area contributed by atoms with Gasteiger partial charge < -0.3 is 19.7 Å². The van der Waals surface area contributed by atoms with Crippen molar-refractivity contribution in [1.29, 1.82) is 0 Å². The summed E-state index contributed by atoms with van der Waals surface area (Å²) in [5, 5.41) is 20.4. The second-order valence-corrected chi connectivity index (χ2v) is 4.26. The Morgan fingerprint density at radius 1 is 1.61 bits per heavy atom. The van der Waals surface area contributed by atoms with E-state index in [-0.39, 0.29) is 6.61 Å². The number of hydrogen-bond acceptors (Lipinski definition) is 8. The van der Waals surface area contributed by atoms with E-state index >= 15 is 0 Å². The van der Waals surface area contributed by atoms with Gasteiger partial charge in [0.2, 0.25) is 5.88 Å². The van der Waals surface area contributed by atoms with Gasteiger partial charge in [0.1, 0.15) is 31.1 Å². The summed E-state index contributed by atoms with van der Waals surface area (Å²) in [5.74, 6) is 1.25. The van der Waals surface area contributed by atoms with Crippen LogP contribution in [0.3, 0.4) is 0 Å². The van der Waals surface area contributed by atoms with E-state index in [1.54, 1.807) is 6.33 Å². The lowest BCUT2D eigenvalue weighted by Gasteiger charge is -2.11. The van der Waals surface area contributed by atoms with Gasteiger partial charge in [-0.2, -0.15) is 4.37 Å². The highest BCUT2D eigenvalue weighted by Crippen LogP contribution is 2.05. The highest BCUT2D eigenvalue weighted by atomic mass is 32.1. The number of rotatable bonds is 7. The third kappa shape index (κ3) is 3.72. The molecule has 0 saturated heterocycles. The van der Waals surface area contributed by atoms with E-state index in [0.717, 1.165) is 17.6 Å². The van der Waals surface area contributed by atoms with E-state index < -0.39 is 6.10 Å². The van der Waals surface area contributed by atoms with Crippen molar-refractivity contribution in [3.05, 3.63) is 18.3 Å². The fourth-order valence-electron chi connectivity index (χ4n) is 1.28. The molecule has 2 aromatic heterocycles. The molecule has 0 aliphatic heterocycles. The monoisotopic (exact) mass is 270 g/mol. The van der Waals surface area contributed by atoms with Crippen molar-refractivity contribution in [2.75, 3.05) is 13.2 Å². The van der Waals surface area contributed by atoms with E-state index in [4.69, 9.17) is 4.74 Å². The zero-order valence-electron chi connectivity index (χ0n) is 9.85. The fraction of sp³-hybridized carbons (Fsp3) is 0.556. The number of ether oxygens (including phenoxy) is 1. The van der Waals surface area contributed by atoms with E-state index in [1.165, 1.54) is 6.20 Å². The van der Waals surface area contributed by atoms with E-state index in [2.05, 4.69) is 24.3 Å². The molecule has 2 rings (SSSR count). The van der Waals surface area contributed by atoms with Crippen LogP contribution >= 0.6 is 11.7 Å². The molecule has 2 aromatic rings. The molecule has 0 amide bonds. The minimum atomic E-state index is -0.611. The second-order valence-electron chi connectivity index (χ2n) is 3.70. The molecule has 1 unspecified atom stereocenters. The molecule has 0 bridgehead atoms. The Morgan fingerprint density at radius 2 is 2.50 bits per heavy atom. The van der Waals surface area contributed by atoms with Crippen LogP contribution in [0.25, 0.3) is 0 Å². The predicted octanol–water partition coefficient (Wildman–Crippen LogP) is -0.804. The van der Waals surface area contributed by atoms with Gasteiger partial charge in [0.15, 0.2) is 0 Å². The lowest BCUT2D eigenvalue weighted by atomic mass is 10.3. The molecule has 0 aromatic carbocycles. The van der Waals surface area contributed by atoms with Gasteiger partial charge in [-0.1, -0.05) is 0 Å². The molecule has 18 heavy (non-hydrogen) atoms. The summed E-state index contributed by atoms with van der Waals surface area (Å²) in [6.07, 6.45) is 2.54. The smallest absolute Gasteiger partial charge is 0.245 e. The summed E-state index contributed by atoms with van der Waals surface area (Å²) in [7, 11) is 1.87. The molecule has 98 valence electrons. The largest absolute Gasteiger partial charge is 0.473 e. The van der Waals surface area contributed by atoms with Gasteiger partial charge in [-0.05, 0) is 0 Å². The van der Waals surface area contributed by atoms with Gasteiger partial charge in [0.25, 0.3) is 0 Å².